The molecule has 1 aromatic heterocycles. The minimum atomic E-state index is -1.06. The van der Waals surface area contributed by atoms with Crippen LogP contribution in [0, 0.1) is 27.3 Å². The Labute approximate surface area is 133 Å². The van der Waals surface area contributed by atoms with E-state index in [-0.39, 0.29) is 11.1 Å². The van der Waals surface area contributed by atoms with Crippen molar-refractivity contribution < 1.29 is 13.7 Å². The first kappa shape index (κ1) is 15.2. The number of halogens is 1. The molecule has 0 aliphatic rings. The van der Waals surface area contributed by atoms with Crippen LogP contribution in [0.2, 0.25) is 0 Å². The van der Waals surface area contributed by atoms with Crippen molar-refractivity contribution in [3.05, 3.63) is 68.1 Å². The Kier molecular flexibility index (Phi) is 3.46. The number of anilines is 1. The van der Waals surface area contributed by atoms with Crippen LogP contribution in [-0.4, -0.2) is 4.92 Å². The smallest absolute Gasteiger partial charge is 0.338 e. The second kappa shape index (κ2) is 5.48. The molecule has 1 heterocycles. The molecule has 0 atom stereocenters. The van der Waals surface area contributed by atoms with E-state index in [4.69, 9.17) is 15.4 Å². The highest BCUT2D eigenvalue weighted by Gasteiger charge is 2.25. The molecule has 8 heteroatoms. The van der Waals surface area contributed by atoms with Crippen LogP contribution in [0.25, 0.3) is 22.3 Å². The minimum Gasteiger partial charge on any atom is -0.448 e. The van der Waals surface area contributed by atoms with Gasteiger partial charge in [-0.25, -0.2) is 4.39 Å². The van der Waals surface area contributed by atoms with Gasteiger partial charge in [0.2, 0.25) is 5.58 Å². The molecule has 2 aromatic carbocycles. The lowest BCUT2D eigenvalue weighted by atomic mass is 10.1. The van der Waals surface area contributed by atoms with Crippen LogP contribution in [0.3, 0.4) is 0 Å². The second-order valence-electron chi connectivity index (χ2n) is 4.92. The molecule has 7 nitrogen and oxygen atoms in total. The van der Waals surface area contributed by atoms with E-state index in [1.54, 1.807) is 0 Å². The summed E-state index contributed by atoms with van der Waals surface area (Å²) in [7, 11) is 0. The summed E-state index contributed by atoms with van der Waals surface area (Å²) in [4.78, 5) is 22.5. The van der Waals surface area contributed by atoms with E-state index >= 15 is 0 Å². The SMILES string of the molecule is N#Cc1ccc(-c2cc(=O)c3cc(F)c(N)c([N+](=O)[O-])c3o2)cc1. The molecule has 118 valence electrons. The Hall–Kier alpha value is -3.73. The topological polar surface area (TPSA) is 123 Å². The molecule has 0 aliphatic heterocycles. The quantitative estimate of drug-likeness (QED) is 0.439. The lowest BCUT2D eigenvalue weighted by molar-refractivity contribution is -0.382. The standard InChI is InChI=1S/C16H8FN3O4/c17-11-5-10-12(21)6-13(9-3-1-8(7-18)2-4-9)24-16(10)15(14(11)19)20(22)23/h1-6H,19H2. The molecule has 0 saturated heterocycles. The summed E-state index contributed by atoms with van der Waals surface area (Å²) in [5, 5.41) is 19.7. The summed E-state index contributed by atoms with van der Waals surface area (Å²) < 4.78 is 19.2. The molecule has 0 bridgehead atoms. The summed E-state index contributed by atoms with van der Waals surface area (Å²) in [6, 6.07) is 9.93. The molecule has 0 radical (unpaired) electrons. The third-order valence-corrected chi connectivity index (χ3v) is 3.46. The van der Waals surface area contributed by atoms with Crippen LogP contribution in [0.5, 0.6) is 0 Å². The van der Waals surface area contributed by atoms with E-state index in [0.717, 1.165) is 12.1 Å². The fourth-order valence-electron chi connectivity index (χ4n) is 2.29. The highest BCUT2D eigenvalue weighted by atomic mass is 19.1. The second-order valence-corrected chi connectivity index (χ2v) is 4.92. The molecule has 0 saturated carbocycles. The van der Waals surface area contributed by atoms with Gasteiger partial charge >= 0.3 is 5.69 Å². The summed E-state index contributed by atoms with van der Waals surface area (Å²) in [6.45, 7) is 0. The van der Waals surface area contributed by atoms with Crippen molar-refractivity contribution in [2.45, 2.75) is 0 Å². The summed E-state index contributed by atoms with van der Waals surface area (Å²) in [6.07, 6.45) is 0. The highest BCUT2D eigenvalue weighted by Crippen LogP contribution is 2.34. The normalized spacial score (nSPS) is 10.5. The number of nitro groups is 1. The van der Waals surface area contributed by atoms with Crippen molar-refractivity contribution in [3.63, 3.8) is 0 Å². The predicted octanol–water partition coefficient (Wildman–Crippen LogP) is 2.96. The van der Waals surface area contributed by atoms with Gasteiger partial charge in [0.1, 0.15) is 5.76 Å². The van der Waals surface area contributed by atoms with Crippen molar-refractivity contribution in [2.75, 3.05) is 5.73 Å². The van der Waals surface area contributed by atoms with Gasteiger partial charge in [-0.1, -0.05) is 0 Å². The first-order valence-electron chi connectivity index (χ1n) is 6.63. The first-order valence-corrected chi connectivity index (χ1v) is 6.63. The number of hydrogen-bond donors (Lipinski definition) is 1. The van der Waals surface area contributed by atoms with Crippen molar-refractivity contribution in [2.24, 2.45) is 0 Å². The van der Waals surface area contributed by atoms with E-state index in [1.165, 1.54) is 24.3 Å². The molecule has 0 aliphatic carbocycles. The average Bonchev–Trinajstić information content (AvgIpc) is 2.56. The lowest BCUT2D eigenvalue weighted by Gasteiger charge is -2.06. The van der Waals surface area contributed by atoms with Crippen LogP contribution >= 0.6 is 0 Å². The number of hydrogen-bond acceptors (Lipinski definition) is 6. The Morgan fingerprint density at radius 3 is 2.50 bits per heavy atom. The number of benzene rings is 2. The number of nitriles is 1. The molecule has 24 heavy (non-hydrogen) atoms. The van der Waals surface area contributed by atoms with Crippen molar-refractivity contribution >= 4 is 22.3 Å². The maximum atomic E-state index is 13.7. The molecular weight excluding hydrogens is 317 g/mol. The largest absolute Gasteiger partial charge is 0.448 e. The molecule has 0 amide bonds. The Balaban J connectivity index is 2.35. The van der Waals surface area contributed by atoms with Gasteiger partial charge < -0.3 is 10.2 Å². The predicted molar refractivity (Wildman–Crippen MR) is 83.7 cm³/mol. The molecule has 3 rings (SSSR count). The zero-order chi connectivity index (χ0) is 17.4. The van der Waals surface area contributed by atoms with E-state index < -0.39 is 33.1 Å². The van der Waals surface area contributed by atoms with Crippen LogP contribution in [0.15, 0.2) is 45.6 Å². The Bertz CT molecular complexity index is 1080. The monoisotopic (exact) mass is 325 g/mol. The number of nitrogens with zero attached hydrogens (tertiary/aromatic N) is 2. The van der Waals surface area contributed by atoms with Crippen molar-refractivity contribution in [1.29, 1.82) is 5.26 Å². The molecule has 0 spiro atoms. The van der Waals surface area contributed by atoms with Gasteiger partial charge in [0.05, 0.1) is 21.9 Å². The third-order valence-electron chi connectivity index (χ3n) is 3.46. The minimum absolute atomic E-state index is 0.0473. The van der Waals surface area contributed by atoms with Gasteiger partial charge in [-0.15, -0.1) is 0 Å². The molecule has 0 unspecified atom stereocenters. The van der Waals surface area contributed by atoms with Gasteiger partial charge in [-0.05, 0) is 30.3 Å². The zero-order valence-corrected chi connectivity index (χ0v) is 11.9. The number of nitro benzene ring substituents is 1. The van der Waals surface area contributed by atoms with Crippen LogP contribution in [0.4, 0.5) is 15.8 Å². The molecular formula is C16H8FN3O4. The van der Waals surface area contributed by atoms with Gasteiger partial charge in [0.25, 0.3) is 0 Å². The van der Waals surface area contributed by atoms with E-state index in [2.05, 4.69) is 0 Å². The summed E-state index contributed by atoms with van der Waals surface area (Å²) in [5.41, 5.74) is 3.72. The maximum Gasteiger partial charge on any atom is 0.338 e. The number of nitrogen functional groups attached to an aromatic ring is 1. The van der Waals surface area contributed by atoms with Gasteiger partial charge in [0, 0.05) is 11.6 Å². The third kappa shape index (κ3) is 2.34. The zero-order valence-electron chi connectivity index (χ0n) is 11.9. The lowest BCUT2D eigenvalue weighted by Crippen LogP contribution is -2.06. The van der Waals surface area contributed by atoms with E-state index in [0.29, 0.717) is 11.1 Å². The summed E-state index contributed by atoms with van der Waals surface area (Å²) >= 11 is 0. The van der Waals surface area contributed by atoms with Crippen LogP contribution in [-0.2, 0) is 0 Å². The molecule has 2 N–H and O–H groups in total. The van der Waals surface area contributed by atoms with Gasteiger partial charge in [-0.3, -0.25) is 14.9 Å². The molecule has 3 aromatic rings. The Morgan fingerprint density at radius 2 is 1.92 bits per heavy atom. The van der Waals surface area contributed by atoms with Crippen molar-refractivity contribution in [3.8, 4) is 17.4 Å². The van der Waals surface area contributed by atoms with Crippen LogP contribution < -0.4 is 11.2 Å². The number of rotatable bonds is 2. The maximum absolute atomic E-state index is 13.7. The van der Waals surface area contributed by atoms with Crippen LogP contribution in [0.1, 0.15) is 5.56 Å². The number of nitrogens with two attached hydrogens (primary N) is 1. The highest BCUT2D eigenvalue weighted by molar-refractivity contribution is 5.92. The van der Waals surface area contributed by atoms with Gasteiger partial charge in [-0.2, -0.15) is 5.26 Å². The fraction of sp³-hybridized carbons (Fsp3) is 0. The van der Waals surface area contributed by atoms with Crippen molar-refractivity contribution in [1.82, 2.24) is 0 Å². The van der Waals surface area contributed by atoms with Gasteiger partial charge in [0.15, 0.2) is 16.9 Å². The molecule has 0 fully saturated rings. The first-order chi connectivity index (χ1) is 11.4. The Morgan fingerprint density at radius 1 is 1.25 bits per heavy atom. The fourth-order valence-corrected chi connectivity index (χ4v) is 2.29. The average molecular weight is 325 g/mol. The van der Waals surface area contributed by atoms with E-state index in [1.807, 2.05) is 6.07 Å². The number of fused-ring (bicyclic) bond motifs is 1. The summed E-state index contributed by atoms with van der Waals surface area (Å²) in [5.74, 6) is -1.02. The van der Waals surface area contributed by atoms with E-state index in [9.17, 15) is 19.3 Å².